The van der Waals surface area contributed by atoms with Crippen molar-refractivity contribution in [1.29, 1.82) is 0 Å². The van der Waals surface area contributed by atoms with Crippen LogP contribution in [-0.4, -0.2) is 46.1 Å². The quantitative estimate of drug-likeness (QED) is 0.0556. The maximum atomic E-state index is 12.3. The Bertz CT molecular complexity index is 544. The van der Waals surface area contributed by atoms with Crippen LogP contribution in [0, 0.1) is 0 Å². The first kappa shape index (κ1) is 41.4. The van der Waals surface area contributed by atoms with E-state index in [-0.39, 0.29) is 12.5 Å². The van der Waals surface area contributed by atoms with Crippen LogP contribution in [0.5, 0.6) is 0 Å². The largest absolute Gasteiger partial charge is 0.394 e. The molecule has 0 aromatic rings. The minimum Gasteiger partial charge on any atom is -0.394 e. The molecule has 4 N–H and O–H groups in total. The first-order valence-corrected chi connectivity index (χ1v) is 18.8. The van der Waals surface area contributed by atoms with Gasteiger partial charge in [0, 0.05) is 6.42 Å². The standard InChI is InChI=1S/C37H75NO4/c1-3-5-7-9-11-13-15-16-17-18-19-20-21-22-24-26-28-30-32-36(41)38-34(33-39)37(42)35(40)31-29-27-25-23-14-12-10-8-6-4-2/h34-35,37,39-40,42H,3-33H2,1-2H3,(H,38,41). The molecule has 0 bridgehead atoms. The van der Waals surface area contributed by atoms with Crippen molar-refractivity contribution in [2.45, 2.75) is 225 Å². The molecule has 3 atom stereocenters. The molecule has 0 aromatic carbocycles. The van der Waals surface area contributed by atoms with E-state index in [9.17, 15) is 20.1 Å². The lowest BCUT2D eigenvalue weighted by Gasteiger charge is -2.26. The predicted octanol–water partition coefficient (Wildman–Crippen LogP) is 9.93. The minimum atomic E-state index is -1.13. The summed E-state index contributed by atoms with van der Waals surface area (Å²) < 4.78 is 0. The topological polar surface area (TPSA) is 89.8 Å². The maximum absolute atomic E-state index is 12.3. The first-order valence-electron chi connectivity index (χ1n) is 18.8. The average molecular weight is 598 g/mol. The summed E-state index contributed by atoms with van der Waals surface area (Å²) in [5, 5.41) is 33.3. The molecule has 0 heterocycles. The Morgan fingerprint density at radius 1 is 0.500 bits per heavy atom. The molecule has 0 saturated carbocycles. The van der Waals surface area contributed by atoms with Crippen molar-refractivity contribution < 1.29 is 20.1 Å². The molecule has 3 unspecified atom stereocenters. The number of nitrogens with one attached hydrogen (secondary N) is 1. The zero-order chi connectivity index (χ0) is 30.9. The molecule has 0 aliphatic heterocycles. The molecular formula is C37H75NO4. The fraction of sp³-hybridized carbons (Fsp3) is 0.973. The van der Waals surface area contributed by atoms with E-state index < -0.39 is 18.2 Å². The molecule has 0 radical (unpaired) electrons. The Kier molecular flexibility index (Phi) is 32.7. The number of carbonyl (C=O) groups is 1. The van der Waals surface area contributed by atoms with E-state index in [1.54, 1.807) is 0 Å². The highest BCUT2D eigenvalue weighted by molar-refractivity contribution is 5.76. The van der Waals surface area contributed by atoms with Crippen LogP contribution in [0.2, 0.25) is 0 Å². The van der Waals surface area contributed by atoms with Crippen molar-refractivity contribution >= 4 is 5.91 Å². The van der Waals surface area contributed by atoms with Crippen LogP contribution in [0.4, 0.5) is 0 Å². The van der Waals surface area contributed by atoms with Crippen molar-refractivity contribution in [2.75, 3.05) is 6.61 Å². The van der Waals surface area contributed by atoms with Crippen LogP contribution < -0.4 is 5.32 Å². The Hall–Kier alpha value is -0.650. The zero-order valence-electron chi connectivity index (χ0n) is 28.4. The molecule has 0 spiro atoms. The number of hydrogen-bond donors (Lipinski definition) is 4. The fourth-order valence-corrected chi connectivity index (χ4v) is 5.99. The highest BCUT2D eigenvalue weighted by atomic mass is 16.3. The molecule has 0 fully saturated rings. The number of aliphatic hydroxyl groups is 3. The second kappa shape index (κ2) is 33.2. The van der Waals surface area contributed by atoms with Crippen LogP contribution in [0.15, 0.2) is 0 Å². The third-order valence-corrected chi connectivity index (χ3v) is 8.96. The van der Waals surface area contributed by atoms with Gasteiger partial charge in [-0.2, -0.15) is 0 Å². The van der Waals surface area contributed by atoms with Crippen LogP contribution in [-0.2, 0) is 4.79 Å². The highest BCUT2D eigenvalue weighted by Crippen LogP contribution is 2.16. The van der Waals surface area contributed by atoms with Crippen molar-refractivity contribution in [3.8, 4) is 0 Å². The highest BCUT2D eigenvalue weighted by Gasteiger charge is 2.26. The van der Waals surface area contributed by atoms with Crippen molar-refractivity contribution in [1.82, 2.24) is 5.32 Å². The van der Waals surface area contributed by atoms with Gasteiger partial charge in [0.2, 0.25) is 5.91 Å². The molecule has 5 heteroatoms. The van der Waals surface area contributed by atoms with E-state index in [1.807, 2.05) is 0 Å². The smallest absolute Gasteiger partial charge is 0.220 e. The monoisotopic (exact) mass is 598 g/mol. The second-order valence-electron chi connectivity index (χ2n) is 13.1. The molecule has 0 saturated heterocycles. The summed E-state index contributed by atoms with van der Waals surface area (Å²) in [7, 11) is 0. The lowest BCUT2D eigenvalue weighted by atomic mass is 9.99. The Morgan fingerprint density at radius 2 is 0.810 bits per heavy atom. The molecule has 42 heavy (non-hydrogen) atoms. The maximum Gasteiger partial charge on any atom is 0.220 e. The number of aliphatic hydroxyl groups excluding tert-OH is 3. The van der Waals surface area contributed by atoms with E-state index in [4.69, 9.17) is 0 Å². The lowest BCUT2D eigenvalue weighted by molar-refractivity contribution is -0.124. The van der Waals surface area contributed by atoms with Gasteiger partial charge in [0.25, 0.3) is 0 Å². The summed E-state index contributed by atoms with van der Waals surface area (Å²) in [5.41, 5.74) is 0. The van der Waals surface area contributed by atoms with Crippen LogP contribution in [0.3, 0.4) is 0 Å². The van der Waals surface area contributed by atoms with Gasteiger partial charge in [-0.15, -0.1) is 0 Å². The summed E-state index contributed by atoms with van der Waals surface area (Å²) >= 11 is 0. The predicted molar refractivity (Wildman–Crippen MR) is 181 cm³/mol. The molecular weight excluding hydrogens is 522 g/mol. The van der Waals surface area contributed by atoms with E-state index in [2.05, 4.69) is 19.2 Å². The molecule has 5 nitrogen and oxygen atoms in total. The Labute approximate surface area is 262 Å². The van der Waals surface area contributed by atoms with Gasteiger partial charge >= 0.3 is 0 Å². The van der Waals surface area contributed by atoms with Gasteiger partial charge in [-0.1, -0.05) is 187 Å². The molecule has 0 rings (SSSR count). The van der Waals surface area contributed by atoms with Gasteiger partial charge in [-0.05, 0) is 12.8 Å². The SMILES string of the molecule is CCCCCCCCCCCCCCCCCCCCC(=O)NC(CO)C(O)C(O)CCCCCCCCCCCC. The van der Waals surface area contributed by atoms with Crippen LogP contribution >= 0.6 is 0 Å². The van der Waals surface area contributed by atoms with E-state index in [0.29, 0.717) is 12.8 Å². The summed E-state index contributed by atoms with van der Waals surface area (Å²) in [6, 6.07) is -0.800. The third kappa shape index (κ3) is 28.1. The van der Waals surface area contributed by atoms with Gasteiger partial charge < -0.3 is 20.6 Å². The Balaban J connectivity index is 3.61. The summed E-state index contributed by atoms with van der Waals surface area (Å²) in [4.78, 5) is 12.3. The summed E-state index contributed by atoms with van der Waals surface area (Å²) in [6.45, 7) is 4.16. The minimum absolute atomic E-state index is 0.143. The number of rotatable bonds is 34. The molecule has 1 amide bonds. The van der Waals surface area contributed by atoms with Gasteiger partial charge in [0.1, 0.15) is 6.10 Å². The van der Waals surface area contributed by atoms with Gasteiger partial charge in [0.05, 0.1) is 18.8 Å². The Morgan fingerprint density at radius 3 is 1.14 bits per heavy atom. The molecule has 0 aromatic heterocycles. The normalized spacial score (nSPS) is 13.7. The first-order chi connectivity index (χ1) is 20.6. The fourth-order valence-electron chi connectivity index (χ4n) is 5.99. The van der Waals surface area contributed by atoms with Gasteiger partial charge in [0.15, 0.2) is 0 Å². The number of amides is 1. The van der Waals surface area contributed by atoms with Crippen molar-refractivity contribution in [3.05, 3.63) is 0 Å². The van der Waals surface area contributed by atoms with Gasteiger partial charge in [-0.3, -0.25) is 4.79 Å². The summed E-state index contributed by atoms with van der Waals surface area (Å²) in [6.07, 6.45) is 34.8. The number of unbranched alkanes of at least 4 members (excludes halogenated alkanes) is 26. The number of hydrogen-bond acceptors (Lipinski definition) is 4. The zero-order valence-corrected chi connectivity index (χ0v) is 28.4. The molecule has 0 aliphatic rings. The van der Waals surface area contributed by atoms with E-state index in [1.165, 1.54) is 141 Å². The van der Waals surface area contributed by atoms with Crippen molar-refractivity contribution in [3.63, 3.8) is 0 Å². The van der Waals surface area contributed by atoms with Gasteiger partial charge in [-0.25, -0.2) is 0 Å². The molecule has 0 aliphatic carbocycles. The van der Waals surface area contributed by atoms with Crippen LogP contribution in [0.1, 0.15) is 206 Å². The summed E-state index contributed by atoms with van der Waals surface area (Å²) in [5.74, 6) is -0.143. The average Bonchev–Trinajstić information content (AvgIpc) is 2.99. The van der Waals surface area contributed by atoms with Crippen molar-refractivity contribution in [2.24, 2.45) is 0 Å². The van der Waals surface area contributed by atoms with E-state index in [0.717, 1.165) is 38.5 Å². The van der Waals surface area contributed by atoms with E-state index >= 15 is 0 Å². The number of carbonyl (C=O) groups excluding carboxylic acids is 1. The second-order valence-corrected chi connectivity index (χ2v) is 13.1. The third-order valence-electron chi connectivity index (χ3n) is 8.96. The van der Waals surface area contributed by atoms with Crippen LogP contribution in [0.25, 0.3) is 0 Å². The molecule has 252 valence electrons. The lowest BCUT2D eigenvalue weighted by Crippen LogP contribution is -2.50.